The van der Waals surface area contributed by atoms with E-state index in [1.165, 1.54) is 0 Å². The van der Waals surface area contributed by atoms with Gasteiger partial charge in [-0.2, -0.15) is 0 Å². The monoisotopic (exact) mass is 267 g/mol. The predicted molar refractivity (Wildman–Crippen MR) is 80.3 cm³/mol. The third kappa shape index (κ3) is 2.22. The molecule has 0 aliphatic heterocycles. The molecule has 0 radical (unpaired) electrons. The molecule has 0 unspecified atom stereocenters. The molecule has 102 valence electrons. The summed E-state index contributed by atoms with van der Waals surface area (Å²) in [6.07, 6.45) is 5.70. The average Bonchev–Trinajstić information content (AvgIpc) is 2.84. The van der Waals surface area contributed by atoms with Crippen LogP contribution in [0.1, 0.15) is 18.1 Å². The van der Waals surface area contributed by atoms with E-state index in [4.69, 9.17) is 0 Å². The van der Waals surface area contributed by atoms with Crippen molar-refractivity contribution in [3.05, 3.63) is 41.9 Å². The van der Waals surface area contributed by atoms with E-state index in [2.05, 4.69) is 33.4 Å². The van der Waals surface area contributed by atoms with Crippen LogP contribution in [0.25, 0.3) is 16.7 Å². The first-order chi connectivity index (χ1) is 9.67. The third-order valence-corrected chi connectivity index (χ3v) is 3.18. The van der Waals surface area contributed by atoms with Crippen molar-refractivity contribution in [2.75, 3.05) is 11.9 Å². The maximum atomic E-state index is 4.54. The Kier molecular flexibility index (Phi) is 3.10. The molecule has 0 saturated heterocycles. The van der Waals surface area contributed by atoms with E-state index in [1.54, 1.807) is 0 Å². The molecule has 0 bridgehead atoms. The minimum atomic E-state index is 0.761. The summed E-state index contributed by atoms with van der Waals surface area (Å²) in [4.78, 5) is 8.71. The Morgan fingerprint density at radius 1 is 1.15 bits per heavy atom. The Hall–Kier alpha value is -2.43. The summed E-state index contributed by atoms with van der Waals surface area (Å²) in [5.74, 6) is 0.858. The summed E-state index contributed by atoms with van der Waals surface area (Å²) in [5, 5.41) is 8.80. The molecule has 5 nitrogen and oxygen atoms in total. The smallest absolute Gasteiger partial charge is 0.181 e. The lowest BCUT2D eigenvalue weighted by Crippen LogP contribution is -2.03. The van der Waals surface area contributed by atoms with Crippen LogP contribution in [0.2, 0.25) is 0 Å². The molecule has 0 fully saturated rings. The number of anilines is 1. The van der Waals surface area contributed by atoms with Crippen LogP contribution in [0.3, 0.4) is 0 Å². The standard InChI is InChI=1S/C15H17N5/c1-4-16-14-6-13(11(3)8-17-14)20-9-12-5-10(2)7-18-15(12)19-20/h5-9H,4H2,1-3H3,(H,16,17). The van der Waals surface area contributed by atoms with Crippen LogP contribution in [0, 0.1) is 13.8 Å². The first-order valence-electron chi connectivity index (χ1n) is 6.70. The lowest BCUT2D eigenvalue weighted by Gasteiger charge is -2.08. The van der Waals surface area contributed by atoms with Crippen molar-refractivity contribution in [3.63, 3.8) is 0 Å². The molecule has 3 aromatic rings. The number of hydrogen-bond acceptors (Lipinski definition) is 4. The van der Waals surface area contributed by atoms with Crippen molar-refractivity contribution in [1.82, 2.24) is 19.7 Å². The molecule has 0 aliphatic carbocycles. The molecule has 5 heteroatoms. The predicted octanol–water partition coefficient (Wildman–Crippen LogP) is 2.86. The largest absolute Gasteiger partial charge is 0.370 e. The van der Waals surface area contributed by atoms with Crippen molar-refractivity contribution in [2.45, 2.75) is 20.8 Å². The van der Waals surface area contributed by atoms with Gasteiger partial charge in [-0.3, -0.25) is 0 Å². The molecule has 0 spiro atoms. The fourth-order valence-corrected chi connectivity index (χ4v) is 2.19. The maximum absolute atomic E-state index is 4.54. The number of nitrogens with zero attached hydrogens (tertiary/aromatic N) is 4. The summed E-state index contributed by atoms with van der Waals surface area (Å²) in [6, 6.07) is 4.10. The van der Waals surface area contributed by atoms with E-state index in [-0.39, 0.29) is 0 Å². The van der Waals surface area contributed by atoms with Crippen LogP contribution in [0.4, 0.5) is 5.82 Å². The average molecular weight is 267 g/mol. The zero-order valence-electron chi connectivity index (χ0n) is 11.9. The molecule has 0 atom stereocenters. The van der Waals surface area contributed by atoms with Gasteiger partial charge in [0.1, 0.15) is 5.82 Å². The van der Waals surface area contributed by atoms with Crippen LogP contribution in [-0.2, 0) is 0 Å². The first-order valence-corrected chi connectivity index (χ1v) is 6.70. The van der Waals surface area contributed by atoms with Gasteiger partial charge in [0, 0.05) is 36.6 Å². The van der Waals surface area contributed by atoms with Gasteiger partial charge in [0.05, 0.1) is 5.69 Å². The number of rotatable bonds is 3. The fraction of sp³-hybridized carbons (Fsp3) is 0.267. The van der Waals surface area contributed by atoms with Crippen LogP contribution in [0.15, 0.2) is 30.7 Å². The van der Waals surface area contributed by atoms with Gasteiger partial charge in [0.2, 0.25) is 0 Å². The zero-order chi connectivity index (χ0) is 14.1. The van der Waals surface area contributed by atoms with Crippen molar-refractivity contribution in [1.29, 1.82) is 0 Å². The molecule has 0 amide bonds. The van der Waals surface area contributed by atoms with Crippen LogP contribution in [0.5, 0.6) is 0 Å². The molecular weight excluding hydrogens is 250 g/mol. The second kappa shape index (κ2) is 4.92. The highest BCUT2D eigenvalue weighted by Gasteiger charge is 2.08. The van der Waals surface area contributed by atoms with E-state index in [9.17, 15) is 0 Å². The molecule has 3 heterocycles. The number of pyridine rings is 2. The minimum absolute atomic E-state index is 0.761. The van der Waals surface area contributed by atoms with Crippen LogP contribution >= 0.6 is 0 Å². The first kappa shape index (κ1) is 12.6. The second-order valence-corrected chi connectivity index (χ2v) is 4.89. The summed E-state index contributed by atoms with van der Waals surface area (Å²) in [5.41, 5.74) is 4.00. The normalized spacial score (nSPS) is 10.9. The van der Waals surface area contributed by atoms with Crippen LogP contribution < -0.4 is 5.32 Å². The Balaban J connectivity index is 2.12. The van der Waals surface area contributed by atoms with E-state index >= 15 is 0 Å². The minimum Gasteiger partial charge on any atom is -0.370 e. The maximum Gasteiger partial charge on any atom is 0.181 e. The van der Waals surface area contributed by atoms with Crippen molar-refractivity contribution in [3.8, 4) is 5.69 Å². The Bertz CT molecular complexity index is 760. The number of aromatic nitrogens is 4. The van der Waals surface area contributed by atoms with Gasteiger partial charge < -0.3 is 5.32 Å². The molecule has 20 heavy (non-hydrogen) atoms. The lowest BCUT2D eigenvalue weighted by molar-refractivity contribution is 0.877. The summed E-state index contributed by atoms with van der Waals surface area (Å²) in [7, 11) is 0. The SMILES string of the molecule is CCNc1cc(-n2cc3cc(C)cnc3n2)c(C)cn1. The van der Waals surface area contributed by atoms with Crippen molar-refractivity contribution in [2.24, 2.45) is 0 Å². The van der Waals surface area contributed by atoms with Crippen LogP contribution in [-0.4, -0.2) is 26.3 Å². The second-order valence-electron chi connectivity index (χ2n) is 4.89. The highest BCUT2D eigenvalue weighted by molar-refractivity contribution is 5.75. The zero-order valence-corrected chi connectivity index (χ0v) is 11.9. The number of nitrogens with one attached hydrogen (secondary N) is 1. The van der Waals surface area contributed by atoms with Gasteiger partial charge in [0.15, 0.2) is 5.65 Å². The number of aryl methyl sites for hydroxylation is 2. The highest BCUT2D eigenvalue weighted by Crippen LogP contribution is 2.19. The third-order valence-electron chi connectivity index (χ3n) is 3.18. The van der Waals surface area contributed by atoms with E-state index < -0.39 is 0 Å². The molecule has 1 N–H and O–H groups in total. The van der Waals surface area contributed by atoms with Gasteiger partial charge in [-0.1, -0.05) is 0 Å². The quantitative estimate of drug-likeness (QED) is 0.792. The Morgan fingerprint density at radius 3 is 2.80 bits per heavy atom. The van der Waals surface area contributed by atoms with Gasteiger partial charge in [-0.25, -0.2) is 14.6 Å². The van der Waals surface area contributed by atoms with E-state index in [0.717, 1.165) is 40.2 Å². The Labute approximate surface area is 117 Å². The highest BCUT2D eigenvalue weighted by atomic mass is 15.3. The van der Waals surface area contributed by atoms with Crippen molar-refractivity contribution < 1.29 is 0 Å². The van der Waals surface area contributed by atoms with Gasteiger partial charge >= 0.3 is 0 Å². The van der Waals surface area contributed by atoms with E-state index in [0.29, 0.717) is 0 Å². The topological polar surface area (TPSA) is 55.6 Å². The summed E-state index contributed by atoms with van der Waals surface area (Å²) < 4.78 is 1.87. The Morgan fingerprint density at radius 2 is 2.00 bits per heavy atom. The van der Waals surface area contributed by atoms with E-state index in [1.807, 2.05) is 43.2 Å². The lowest BCUT2D eigenvalue weighted by atomic mass is 10.2. The van der Waals surface area contributed by atoms with Crippen molar-refractivity contribution >= 4 is 16.9 Å². The number of fused-ring (bicyclic) bond motifs is 1. The number of hydrogen-bond donors (Lipinski definition) is 1. The van der Waals surface area contributed by atoms with Gasteiger partial charge in [-0.05, 0) is 38.0 Å². The molecule has 0 saturated carbocycles. The summed E-state index contributed by atoms with van der Waals surface area (Å²) in [6.45, 7) is 6.96. The summed E-state index contributed by atoms with van der Waals surface area (Å²) >= 11 is 0. The molecule has 3 rings (SSSR count). The molecule has 0 aliphatic rings. The fourth-order valence-electron chi connectivity index (χ4n) is 2.19. The van der Waals surface area contributed by atoms with Gasteiger partial charge in [-0.15, -0.1) is 5.10 Å². The molecular formula is C15H17N5. The molecule has 3 aromatic heterocycles. The molecule has 0 aromatic carbocycles. The van der Waals surface area contributed by atoms with Gasteiger partial charge in [0.25, 0.3) is 0 Å².